The summed E-state index contributed by atoms with van der Waals surface area (Å²) in [5, 5.41) is 11.0. The van der Waals surface area contributed by atoms with Crippen LogP contribution in [0.1, 0.15) is 5.56 Å². The number of imide groups is 1. The van der Waals surface area contributed by atoms with Crippen molar-refractivity contribution in [3.8, 4) is 0 Å². The largest absolute Gasteiger partial charge is 0.395 e. The molecular formula is C13H18N2O3. The molecule has 18 heavy (non-hydrogen) atoms. The molecule has 0 unspecified atom stereocenters. The van der Waals surface area contributed by atoms with Gasteiger partial charge in [0, 0.05) is 6.54 Å². The monoisotopic (exact) mass is 250 g/mol. The lowest BCUT2D eigenvalue weighted by molar-refractivity contribution is -0.130. The van der Waals surface area contributed by atoms with E-state index in [4.69, 9.17) is 5.11 Å². The van der Waals surface area contributed by atoms with E-state index in [9.17, 15) is 9.59 Å². The maximum atomic E-state index is 11.6. The van der Waals surface area contributed by atoms with E-state index in [2.05, 4.69) is 5.32 Å². The zero-order valence-electron chi connectivity index (χ0n) is 10.4. The highest BCUT2D eigenvalue weighted by atomic mass is 16.3. The van der Waals surface area contributed by atoms with Gasteiger partial charge in [0.2, 0.25) is 11.8 Å². The zero-order valence-corrected chi connectivity index (χ0v) is 10.4. The number of aliphatic hydroxyl groups excluding tert-OH is 1. The van der Waals surface area contributed by atoms with Gasteiger partial charge in [0.1, 0.15) is 0 Å². The summed E-state index contributed by atoms with van der Waals surface area (Å²) >= 11 is 0. The Bertz CT molecular complexity index is 392. The van der Waals surface area contributed by atoms with Crippen molar-refractivity contribution >= 4 is 11.8 Å². The molecule has 0 spiro atoms. The summed E-state index contributed by atoms with van der Waals surface area (Å²) in [5.41, 5.74) is 0.867. The average Bonchev–Trinajstić information content (AvgIpc) is 2.29. The van der Waals surface area contributed by atoms with E-state index in [1.165, 1.54) is 0 Å². The third kappa shape index (κ3) is 5.56. The Morgan fingerprint density at radius 3 is 2.50 bits per heavy atom. The molecule has 0 aliphatic carbocycles. The molecule has 1 aromatic rings. The van der Waals surface area contributed by atoms with Crippen LogP contribution < -0.4 is 5.32 Å². The minimum Gasteiger partial charge on any atom is -0.395 e. The highest BCUT2D eigenvalue weighted by Crippen LogP contribution is 1.98. The molecule has 0 heterocycles. The predicted octanol–water partition coefficient (Wildman–Crippen LogP) is -0.204. The van der Waals surface area contributed by atoms with E-state index in [-0.39, 0.29) is 31.4 Å². The molecular weight excluding hydrogens is 232 g/mol. The van der Waals surface area contributed by atoms with Gasteiger partial charge in [-0.2, -0.15) is 0 Å². The number of nitrogens with zero attached hydrogens (tertiary/aromatic N) is 1. The molecule has 0 aliphatic rings. The van der Waals surface area contributed by atoms with E-state index in [1.807, 2.05) is 30.3 Å². The standard InChI is InChI=1S/C13H18N2O3/c1-15(7-8-16)10-13(18)14-12(17)9-11-5-3-2-4-6-11/h2-6,16H,7-10H2,1H3,(H,14,17,18). The van der Waals surface area contributed by atoms with Crippen molar-refractivity contribution in [1.82, 2.24) is 10.2 Å². The molecule has 0 radical (unpaired) electrons. The van der Waals surface area contributed by atoms with Crippen LogP contribution >= 0.6 is 0 Å². The topological polar surface area (TPSA) is 69.6 Å². The van der Waals surface area contributed by atoms with Gasteiger partial charge in [-0.1, -0.05) is 30.3 Å². The maximum absolute atomic E-state index is 11.6. The maximum Gasteiger partial charge on any atom is 0.240 e. The smallest absolute Gasteiger partial charge is 0.240 e. The Morgan fingerprint density at radius 1 is 1.22 bits per heavy atom. The van der Waals surface area contributed by atoms with Crippen LogP contribution in [0.25, 0.3) is 0 Å². The molecule has 0 saturated carbocycles. The average molecular weight is 250 g/mol. The molecule has 5 nitrogen and oxygen atoms in total. The van der Waals surface area contributed by atoms with Crippen molar-refractivity contribution in [3.05, 3.63) is 35.9 Å². The highest BCUT2D eigenvalue weighted by Gasteiger charge is 2.10. The number of likely N-dealkylation sites (N-methyl/N-ethyl adjacent to an activating group) is 1. The molecule has 0 atom stereocenters. The minimum absolute atomic E-state index is 0.0122. The fraction of sp³-hybridized carbons (Fsp3) is 0.385. The SMILES string of the molecule is CN(CCO)CC(=O)NC(=O)Cc1ccccc1. The molecule has 2 amide bonds. The fourth-order valence-electron chi connectivity index (χ4n) is 1.52. The first-order valence-corrected chi connectivity index (χ1v) is 5.78. The molecule has 98 valence electrons. The van der Waals surface area contributed by atoms with Crippen LogP contribution in [-0.2, 0) is 16.0 Å². The number of aliphatic hydroxyl groups is 1. The van der Waals surface area contributed by atoms with Crippen molar-refractivity contribution in [3.63, 3.8) is 0 Å². The predicted molar refractivity (Wildman–Crippen MR) is 67.9 cm³/mol. The van der Waals surface area contributed by atoms with Gasteiger partial charge in [-0.3, -0.25) is 19.8 Å². The second-order valence-corrected chi connectivity index (χ2v) is 4.10. The van der Waals surface area contributed by atoms with Crippen LogP contribution in [0.15, 0.2) is 30.3 Å². The lowest BCUT2D eigenvalue weighted by atomic mass is 10.1. The molecule has 1 aromatic carbocycles. The van der Waals surface area contributed by atoms with E-state index in [0.29, 0.717) is 6.54 Å². The summed E-state index contributed by atoms with van der Waals surface area (Å²) in [6.45, 7) is 0.489. The Balaban J connectivity index is 2.34. The first kappa shape index (κ1) is 14.3. The van der Waals surface area contributed by atoms with Crippen LogP contribution in [-0.4, -0.2) is 48.6 Å². The lowest BCUT2D eigenvalue weighted by Gasteiger charge is -2.13. The van der Waals surface area contributed by atoms with Gasteiger partial charge in [0.15, 0.2) is 0 Å². The summed E-state index contributed by atoms with van der Waals surface area (Å²) in [5.74, 6) is -0.671. The molecule has 0 bridgehead atoms. The molecule has 0 saturated heterocycles. The van der Waals surface area contributed by atoms with Gasteiger partial charge >= 0.3 is 0 Å². The Morgan fingerprint density at radius 2 is 1.89 bits per heavy atom. The van der Waals surface area contributed by atoms with E-state index in [0.717, 1.165) is 5.56 Å². The van der Waals surface area contributed by atoms with Crippen molar-refractivity contribution < 1.29 is 14.7 Å². The van der Waals surface area contributed by atoms with Gasteiger partial charge in [-0.15, -0.1) is 0 Å². The quantitative estimate of drug-likeness (QED) is 0.733. The number of benzene rings is 1. The van der Waals surface area contributed by atoms with Gasteiger partial charge in [0.25, 0.3) is 0 Å². The zero-order chi connectivity index (χ0) is 13.4. The van der Waals surface area contributed by atoms with Crippen LogP contribution in [0.3, 0.4) is 0 Å². The molecule has 5 heteroatoms. The third-order valence-corrected chi connectivity index (χ3v) is 2.38. The Hall–Kier alpha value is -1.72. The molecule has 1 rings (SSSR count). The Kier molecular flexibility index (Phi) is 6.04. The van der Waals surface area contributed by atoms with Gasteiger partial charge in [0.05, 0.1) is 19.6 Å². The van der Waals surface area contributed by atoms with E-state index in [1.54, 1.807) is 11.9 Å². The molecule has 2 N–H and O–H groups in total. The number of nitrogens with one attached hydrogen (secondary N) is 1. The number of carbonyl (C=O) groups is 2. The van der Waals surface area contributed by atoms with Crippen LogP contribution in [0, 0.1) is 0 Å². The summed E-state index contributed by atoms with van der Waals surface area (Å²) in [6, 6.07) is 9.24. The minimum atomic E-state index is -0.355. The van der Waals surface area contributed by atoms with Crippen LogP contribution in [0.4, 0.5) is 0 Å². The summed E-state index contributed by atoms with van der Waals surface area (Å²) in [4.78, 5) is 24.7. The third-order valence-electron chi connectivity index (χ3n) is 2.38. The summed E-state index contributed by atoms with van der Waals surface area (Å²) in [7, 11) is 1.71. The lowest BCUT2D eigenvalue weighted by Crippen LogP contribution is -2.40. The number of carbonyl (C=O) groups excluding carboxylic acids is 2. The van der Waals surface area contributed by atoms with E-state index >= 15 is 0 Å². The van der Waals surface area contributed by atoms with Crippen molar-refractivity contribution in [1.29, 1.82) is 0 Å². The molecule has 0 fully saturated rings. The number of hydrogen-bond donors (Lipinski definition) is 2. The van der Waals surface area contributed by atoms with Crippen molar-refractivity contribution in [2.45, 2.75) is 6.42 Å². The van der Waals surface area contributed by atoms with Crippen LogP contribution in [0.2, 0.25) is 0 Å². The normalized spacial score (nSPS) is 10.4. The fourth-order valence-corrected chi connectivity index (χ4v) is 1.52. The molecule has 0 aliphatic heterocycles. The first-order chi connectivity index (χ1) is 8.61. The van der Waals surface area contributed by atoms with Crippen LogP contribution in [0.5, 0.6) is 0 Å². The summed E-state index contributed by atoms with van der Waals surface area (Å²) in [6.07, 6.45) is 0.191. The number of hydrogen-bond acceptors (Lipinski definition) is 4. The van der Waals surface area contributed by atoms with Gasteiger partial charge in [-0.05, 0) is 12.6 Å². The van der Waals surface area contributed by atoms with Gasteiger partial charge in [-0.25, -0.2) is 0 Å². The second kappa shape index (κ2) is 7.58. The van der Waals surface area contributed by atoms with E-state index < -0.39 is 0 Å². The highest BCUT2D eigenvalue weighted by molar-refractivity contribution is 5.96. The van der Waals surface area contributed by atoms with Crippen molar-refractivity contribution in [2.24, 2.45) is 0 Å². The van der Waals surface area contributed by atoms with Crippen molar-refractivity contribution in [2.75, 3.05) is 26.7 Å². The second-order valence-electron chi connectivity index (χ2n) is 4.10. The summed E-state index contributed by atoms with van der Waals surface area (Å²) < 4.78 is 0. The number of rotatable bonds is 6. The Labute approximate surface area is 106 Å². The van der Waals surface area contributed by atoms with Gasteiger partial charge < -0.3 is 5.11 Å². The first-order valence-electron chi connectivity index (χ1n) is 5.78. The molecule has 0 aromatic heterocycles. The number of amides is 2.